The fourth-order valence-electron chi connectivity index (χ4n) is 3.22. The second kappa shape index (κ2) is 55.5. The molecule has 48 heavy (non-hydrogen) atoms. The molecule has 0 aliphatic rings. The normalized spacial score (nSPS) is 7.35. The smallest absolute Gasteiger partial charge is 0.00258 e. The Kier molecular flexibility index (Phi) is 65.3. The first kappa shape index (κ1) is 56.4. The van der Waals surface area contributed by atoms with Gasteiger partial charge in [0.2, 0.25) is 0 Å². The third-order valence-electron chi connectivity index (χ3n) is 4.92. The van der Waals surface area contributed by atoms with Crippen LogP contribution in [0.5, 0.6) is 0 Å². The van der Waals surface area contributed by atoms with E-state index < -0.39 is 0 Å². The van der Waals surface area contributed by atoms with Crippen LogP contribution >= 0.6 is 0 Å². The van der Waals surface area contributed by atoms with Crippen molar-refractivity contribution < 1.29 is 0 Å². The third kappa shape index (κ3) is 36.6. The molecule has 270 valence electrons. The summed E-state index contributed by atoms with van der Waals surface area (Å²) in [5, 5.41) is 0. The number of rotatable bonds is 3. The molecule has 0 aliphatic heterocycles. The molecule has 0 N–H and O–H groups in total. The molecule has 0 atom stereocenters. The van der Waals surface area contributed by atoms with Gasteiger partial charge in [-0.05, 0) is 35.6 Å². The first-order valence-electron chi connectivity index (χ1n) is 19.0. The highest BCUT2D eigenvalue weighted by molar-refractivity contribution is 5.62. The summed E-state index contributed by atoms with van der Waals surface area (Å²) in [5.41, 5.74) is 6.61. The van der Waals surface area contributed by atoms with Gasteiger partial charge in [-0.25, -0.2) is 0 Å². The van der Waals surface area contributed by atoms with Crippen LogP contribution in [-0.2, 0) is 6.42 Å². The lowest BCUT2D eigenvalue weighted by atomic mass is 10.1. The summed E-state index contributed by atoms with van der Waals surface area (Å²) in [4.78, 5) is 0. The Balaban J connectivity index is -0.000000116. The van der Waals surface area contributed by atoms with Crippen molar-refractivity contribution in [2.45, 2.75) is 124 Å². The van der Waals surface area contributed by atoms with E-state index in [9.17, 15) is 0 Å². The molecule has 0 bridgehead atoms. The molecular formula is C48H78. The standard InChI is InChI=1S/C13H12.C12H10.C7H8.8C2H6/c1-3-7-12(8-4-1)11-13-9-5-2-6-10-13;1-3-7-11(8-4-1)12-9-5-2-6-10-12;1-7-5-3-2-4-6-7;8*1-2/h1-10H,11H2;1-10H;2-6H,1H3;8*1-2H3. The van der Waals surface area contributed by atoms with Crippen molar-refractivity contribution in [1.29, 1.82) is 0 Å². The highest BCUT2D eigenvalue weighted by Gasteiger charge is 1.93. The van der Waals surface area contributed by atoms with Crippen molar-refractivity contribution in [3.63, 3.8) is 0 Å². The summed E-state index contributed by atoms with van der Waals surface area (Å²) in [6.45, 7) is 34.1. The predicted molar refractivity (Wildman–Crippen MR) is 230 cm³/mol. The van der Waals surface area contributed by atoms with E-state index >= 15 is 0 Å². The SMILES string of the molecule is CC.CC.CC.CC.CC.CC.CC.CC.Cc1ccccc1.c1ccc(-c2ccccc2)cc1.c1ccc(Cc2ccccc2)cc1. The van der Waals surface area contributed by atoms with Crippen LogP contribution in [0.2, 0.25) is 0 Å². The molecule has 5 aromatic carbocycles. The van der Waals surface area contributed by atoms with Crippen molar-refractivity contribution in [2.24, 2.45) is 0 Å². The van der Waals surface area contributed by atoms with Crippen molar-refractivity contribution in [1.82, 2.24) is 0 Å². The molecule has 0 aliphatic carbocycles. The zero-order chi connectivity index (χ0) is 38.3. The Morgan fingerprint density at radius 1 is 0.250 bits per heavy atom. The molecule has 0 radical (unpaired) electrons. The van der Waals surface area contributed by atoms with E-state index in [2.05, 4.69) is 128 Å². The topological polar surface area (TPSA) is 0 Å². The van der Waals surface area contributed by atoms with Crippen molar-refractivity contribution in [2.75, 3.05) is 0 Å². The van der Waals surface area contributed by atoms with Crippen molar-refractivity contribution in [3.05, 3.63) is 168 Å². The lowest BCUT2D eigenvalue weighted by Gasteiger charge is -2.00. The molecular weight excluding hydrogens is 577 g/mol. The largest absolute Gasteiger partial charge is 0.0683 e. The van der Waals surface area contributed by atoms with E-state index in [-0.39, 0.29) is 0 Å². The molecule has 0 aromatic heterocycles. The van der Waals surface area contributed by atoms with E-state index in [0.29, 0.717) is 0 Å². The van der Waals surface area contributed by atoms with Gasteiger partial charge in [-0.3, -0.25) is 0 Å². The second-order valence-corrected chi connectivity index (χ2v) is 7.53. The summed E-state index contributed by atoms with van der Waals surface area (Å²) >= 11 is 0. The van der Waals surface area contributed by atoms with E-state index in [1.165, 1.54) is 27.8 Å². The first-order valence-corrected chi connectivity index (χ1v) is 19.0. The second-order valence-electron chi connectivity index (χ2n) is 7.53. The lowest BCUT2D eigenvalue weighted by Crippen LogP contribution is -1.85. The number of hydrogen-bond acceptors (Lipinski definition) is 0. The Hall–Kier alpha value is -3.90. The zero-order valence-corrected chi connectivity index (χ0v) is 34.6. The summed E-state index contributed by atoms with van der Waals surface area (Å²) in [7, 11) is 0. The van der Waals surface area contributed by atoms with Gasteiger partial charge in [-0.1, -0.05) is 268 Å². The summed E-state index contributed by atoms with van der Waals surface area (Å²) in [6, 6.07) is 52.1. The van der Waals surface area contributed by atoms with Crippen LogP contribution in [0.25, 0.3) is 11.1 Å². The number of benzene rings is 5. The molecule has 0 amide bonds. The third-order valence-corrected chi connectivity index (χ3v) is 4.92. The van der Waals surface area contributed by atoms with Crippen LogP contribution in [0.3, 0.4) is 0 Å². The summed E-state index contributed by atoms with van der Waals surface area (Å²) in [6.07, 6.45) is 1.03. The number of hydrogen-bond donors (Lipinski definition) is 0. The van der Waals surface area contributed by atoms with Gasteiger partial charge in [0.15, 0.2) is 0 Å². The van der Waals surface area contributed by atoms with Crippen LogP contribution in [0.1, 0.15) is 127 Å². The quantitative estimate of drug-likeness (QED) is 0.182. The maximum atomic E-state index is 2.16. The van der Waals surface area contributed by atoms with E-state index in [1.807, 2.05) is 141 Å². The fourth-order valence-corrected chi connectivity index (χ4v) is 3.22. The van der Waals surface area contributed by atoms with Gasteiger partial charge in [-0.15, -0.1) is 0 Å². The Labute approximate surface area is 302 Å². The van der Waals surface area contributed by atoms with Gasteiger partial charge < -0.3 is 0 Å². The molecule has 0 spiro atoms. The van der Waals surface area contributed by atoms with E-state index in [1.54, 1.807) is 0 Å². The highest BCUT2D eigenvalue weighted by atomic mass is 14.0. The van der Waals surface area contributed by atoms with E-state index in [4.69, 9.17) is 0 Å². The van der Waals surface area contributed by atoms with Crippen LogP contribution in [-0.4, -0.2) is 0 Å². The van der Waals surface area contributed by atoms with Crippen LogP contribution in [0.4, 0.5) is 0 Å². The maximum Gasteiger partial charge on any atom is -0.00258 e. The summed E-state index contributed by atoms with van der Waals surface area (Å²) in [5.74, 6) is 0. The maximum absolute atomic E-state index is 2.16. The number of aryl methyl sites for hydroxylation is 1. The molecule has 0 heterocycles. The van der Waals surface area contributed by atoms with Crippen LogP contribution in [0.15, 0.2) is 152 Å². The Bertz CT molecular complexity index is 1030. The lowest BCUT2D eigenvalue weighted by molar-refractivity contribution is 1.19. The molecule has 0 saturated heterocycles. The molecule has 5 aromatic rings. The highest BCUT2D eigenvalue weighted by Crippen LogP contribution is 2.17. The average Bonchev–Trinajstić information content (AvgIpc) is 3.23. The molecule has 5 rings (SSSR count). The average molecular weight is 655 g/mol. The zero-order valence-electron chi connectivity index (χ0n) is 34.6. The molecule has 0 nitrogen and oxygen atoms in total. The molecule has 0 heteroatoms. The van der Waals surface area contributed by atoms with Gasteiger partial charge in [0.25, 0.3) is 0 Å². The minimum absolute atomic E-state index is 1.03. The molecule has 0 saturated carbocycles. The fraction of sp³-hybridized carbons (Fsp3) is 0.375. The van der Waals surface area contributed by atoms with Crippen LogP contribution < -0.4 is 0 Å². The monoisotopic (exact) mass is 655 g/mol. The summed E-state index contributed by atoms with van der Waals surface area (Å²) < 4.78 is 0. The minimum atomic E-state index is 1.03. The van der Waals surface area contributed by atoms with Gasteiger partial charge in [0, 0.05) is 0 Å². The predicted octanol–water partition coefficient (Wildman–Crippen LogP) is 16.8. The first-order chi connectivity index (χ1) is 23.8. The van der Waals surface area contributed by atoms with Gasteiger partial charge >= 0.3 is 0 Å². The van der Waals surface area contributed by atoms with Gasteiger partial charge in [0.05, 0.1) is 0 Å². The Morgan fingerprint density at radius 3 is 0.625 bits per heavy atom. The Morgan fingerprint density at radius 2 is 0.438 bits per heavy atom. The van der Waals surface area contributed by atoms with Crippen LogP contribution in [0, 0.1) is 6.92 Å². The van der Waals surface area contributed by atoms with Crippen molar-refractivity contribution in [3.8, 4) is 11.1 Å². The molecule has 0 unspecified atom stereocenters. The van der Waals surface area contributed by atoms with Gasteiger partial charge in [-0.2, -0.15) is 0 Å². The van der Waals surface area contributed by atoms with Crippen molar-refractivity contribution >= 4 is 0 Å². The van der Waals surface area contributed by atoms with E-state index in [0.717, 1.165) is 6.42 Å². The van der Waals surface area contributed by atoms with Gasteiger partial charge in [0.1, 0.15) is 0 Å². The molecule has 0 fully saturated rings. The minimum Gasteiger partial charge on any atom is -0.0683 e.